The van der Waals surface area contributed by atoms with Crippen molar-refractivity contribution in [3.05, 3.63) is 52.6 Å². The van der Waals surface area contributed by atoms with E-state index in [-0.39, 0.29) is 0 Å². The molecule has 1 aliphatic rings. The van der Waals surface area contributed by atoms with Crippen molar-refractivity contribution in [2.45, 2.75) is 33.6 Å². The number of fused-ring (bicyclic) bond motifs is 1. The van der Waals surface area contributed by atoms with Gasteiger partial charge in [0, 0.05) is 17.3 Å². The summed E-state index contributed by atoms with van der Waals surface area (Å²) in [6.45, 7) is 6.91. The summed E-state index contributed by atoms with van der Waals surface area (Å²) in [5, 5.41) is 0. The number of benzene rings is 1. The lowest BCUT2D eigenvalue weighted by atomic mass is 9.91. The predicted octanol–water partition coefficient (Wildman–Crippen LogP) is 3.20. The molecule has 1 atom stereocenters. The van der Waals surface area contributed by atoms with E-state index in [1.807, 2.05) is 13.0 Å². The first-order valence-electron chi connectivity index (χ1n) is 7.15. The third kappa shape index (κ3) is 2.53. The molecule has 104 valence electrons. The fourth-order valence-corrected chi connectivity index (χ4v) is 2.83. The maximum atomic E-state index is 5.87. The highest BCUT2D eigenvalue weighted by atomic mass is 16.5. The number of ether oxygens (including phenoxy) is 1. The predicted molar refractivity (Wildman–Crippen MR) is 79.1 cm³/mol. The second-order valence-electron chi connectivity index (χ2n) is 5.62. The number of aromatic nitrogens is 2. The molecule has 0 fully saturated rings. The molecule has 0 N–H and O–H groups in total. The van der Waals surface area contributed by atoms with Crippen LogP contribution in [0.1, 0.15) is 28.3 Å². The van der Waals surface area contributed by atoms with Gasteiger partial charge in [0.05, 0.1) is 6.61 Å². The van der Waals surface area contributed by atoms with E-state index in [1.165, 1.54) is 16.8 Å². The largest absolute Gasteiger partial charge is 0.493 e. The highest BCUT2D eigenvalue weighted by Gasteiger charge is 2.21. The van der Waals surface area contributed by atoms with Crippen LogP contribution in [0.4, 0.5) is 0 Å². The summed E-state index contributed by atoms with van der Waals surface area (Å²) < 4.78 is 5.87. The molecule has 0 saturated carbocycles. The Labute approximate surface area is 120 Å². The van der Waals surface area contributed by atoms with Gasteiger partial charge < -0.3 is 4.74 Å². The van der Waals surface area contributed by atoms with Crippen LogP contribution in [-0.2, 0) is 12.8 Å². The number of para-hydroxylation sites is 1. The Morgan fingerprint density at radius 1 is 1.15 bits per heavy atom. The summed E-state index contributed by atoms with van der Waals surface area (Å²) >= 11 is 0. The Balaban J connectivity index is 1.80. The van der Waals surface area contributed by atoms with E-state index in [0.29, 0.717) is 5.92 Å². The van der Waals surface area contributed by atoms with E-state index in [0.717, 1.165) is 36.7 Å². The molecular formula is C17H20N2O. The summed E-state index contributed by atoms with van der Waals surface area (Å²) in [6.07, 6.45) is 2.03. The lowest BCUT2D eigenvalue weighted by Crippen LogP contribution is -2.23. The average molecular weight is 268 g/mol. The minimum Gasteiger partial charge on any atom is -0.493 e. The van der Waals surface area contributed by atoms with Gasteiger partial charge in [0.2, 0.25) is 0 Å². The molecule has 0 radical (unpaired) electrons. The van der Waals surface area contributed by atoms with Crippen LogP contribution in [0.15, 0.2) is 24.3 Å². The standard InChI is InChI=1S/C17H20N2O/c1-11-12(2)18-13(3)19-16(11)9-14-8-15-6-4-5-7-17(15)20-10-14/h4-7,14H,8-10H2,1-3H3. The van der Waals surface area contributed by atoms with Gasteiger partial charge in [-0.2, -0.15) is 0 Å². The number of hydrogen-bond donors (Lipinski definition) is 0. The summed E-state index contributed by atoms with van der Waals surface area (Å²) in [5.74, 6) is 2.40. The molecule has 0 bridgehead atoms. The first-order chi connectivity index (χ1) is 9.63. The first kappa shape index (κ1) is 13.1. The lowest BCUT2D eigenvalue weighted by Gasteiger charge is -2.25. The number of aryl methyl sites for hydroxylation is 2. The quantitative estimate of drug-likeness (QED) is 0.839. The van der Waals surface area contributed by atoms with E-state index in [9.17, 15) is 0 Å². The van der Waals surface area contributed by atoms with E-state index in [4.69, 9.17) is 4.74 Å². The zero-order valence-corrected chi connectivity index (χ0v) is 12.3. The Morgan fingerprint density at radius 3 is 2.80 bits per heavy atom. The van der Waals surface area contributed by atoms with Gasteiger partial charge in [-0.3, -0.25) is 0 Å². The smallest absolute Gasteiger partial charge is 0.125 e. The number of hydrogen-bond acceptors (Lipinski definition) is 3. The number of nitrogens with zero attached hydrogens (tertiary/aromatic N) is 2. The van der Waals surface area contributed by atoms with Crippen molar-refractivity contribution in [3.63, 3.8) is 0 Å². The second-order valence-corrected chi connectivity index (χ2v) is 5.62. The van der Waals surface area contributed by atoms with E-state index < -0.39 is 0 Å². The summed E-state index contributed by atoms with van der Waals surface area (Å²) in [5.41, 5.74) is 4.78. The number of rotatable bonds is 2. The van der Waals surface area contributed by atoms with Crippen LogP contribution in [0.25, 0.3) is 0 Å². The summed E-state index contributed by atoms with van der Waals surface area (Å²) in [6, 6.07) is 8.32. The van der Waals surface area contributed by atoms with Crippen molar-refractivity contribution in [2.75, 3.05) is 6.61 Å². The van der Waals surface area contributed by atoms with Crippen molar-refractivity contribution >= 4 is 0 Å². The van der Waals surface area contributed by atoms with Gasteiger partial charge in [0.1, 0.15) is 11.6 Å². The van der Waals surface area contributed by atoms with Gasteiger partial charge in [-0.1, -0.05) is 18.2 Å². The van der Waals surface area contributed by atoms with Crippen molar-refractivity contribution in [3.8, 4) is 5.75 Å². The molecule has 1 aliphatic heterocycles. The van der Waals surface area contributed by atoms with Gasteiger partial charge in [-0.25, -0.2) is 9.97 Å². The molecule has 3 rings (SSSR count). The molecule has 1 aromatic heterocycles. The summed E-state index contributed by atoms with van der Waals surface area (Å²) in [7, 11) is 0. The van der Waals surface area contributed by atoms with Gasteiger partial charge in [0.15, 0.2) is 0 Å². The molecule has 2 aromatic rings. The van der Waals surface area contributed by atoms with Gasteiger partial charge in [-0.05, 0) is 50.8 Å². The average Bonchev–Trinajstić information content (AvgIpc) is 2.44. The summed E-state index contributed by atoms with van der Waals surface area (Å²) in [4.78, 5) is 9.04. The molecule has 0 spiro atoms. The van der Waals surface area contributed by atoms with Crippen molar-refractivity contribution in [2.24, 2.45) is 5.92 Å². The van der Waals surface area contributed by atoms with Gasteiger partial charge in [-0.15, -0.1) is 0 Å². The Kier molecular flexibility index (Phi) is 3.43. The topological polar surface area (TPSA) is 35.0 Å². The van der Waals surface area contributed by atoms with Crippen LogP contribution in [0.5, 0.6) is 5.75 Å². The maximum Gasteiger partial charge on any atom is 0.125 e. The zero-order valence-electron chi connectivity index (χ0n) is 12.3. The molecule has 3 nitrogen and oxygen atoms in total. The SMILES string of the molecule is Cc1nc(C)c(C)c(CC2COc3ccccc3C2)n1. The van der Waals surface area contributed by atoms with Crippen LogP contribution in [0.2, 0.25) is 0 Å². The van der Waals surface area contributed by atoms with Crippen molar-refractivity contribution < 1.29 is 4.74 Å². The van der Waals surface area contributed by atoms with E-state index >= 15 is 0 Å². The maximum absolute atomic E-state index is 5.87. The van der Waals surface area contributed by atoms with E-state index in [2.05, 4.69) is 42.0 Å². The molecule has 0 saturated heterocycles. The van der Waals surface area contributed by atoms with Gasteiger partial charge in [0.25, 0.3) is 0 Å². The first-order valence-corrected chi connectivity index (χ1v) is 7.15. The molecule has 1 unspecified atom stereocenters. The highest BCUT2D eigenvalue weighted by Crippen LogP contribution is 2.28. The van der Waals surface area contributed by atoms with Crippen LogP contribution < -0.4 is 4.74 Å². The fourth-order valence-electron chi connectivity index (χ4n) is 2.83. The van der Waals surface area contributed by atoms with Crippen LogP contribution >= 0.6 is 0 Å². The third-order valence-corrected chi connectivity index (χ3v) is 4.04. The molecule has 2 heterocycles. The van der Waals surface area contributed by atoms with Crippen molar-refractivity contribution in [1.82, 2.24) is 9.97 Å². The monoisotopic (exact) mass is 268 g/mol. The minimum absolute atomic E-state index is 0.497. The van der Waals surface area contributed by atoms with Gasteiger partial charge >= 0.3 is 0 Å². The zero-order chi connectivity index (χ0) is 14.1. The molecule has 0 amide bonds. The van der Waals surface area contributed by atoms with Crippen LogP contribution in [0, 0.1) is 26.7 Å². The normalized spacial score (nSPS) is 17.4. The minimum atomic E-state index is 0.497. The molecule has 3 heteroatoms. The van der Waals surface area contributed by atoms with E-state index in [1.54, 1.807) is 0 Å². The Bertz CT molecular complexity index is 637. The fraction of sp³-hybridized carbons (Fsp3) is 0.412. The second kappa shape index (κ2) is 5.23. The highest BCUT2D eigenvalue weighted by molar-refractivity contribution is 5.35. The Morgan fingerprint density at radius 2 is 1.95 bits per heavy atom. The molecule has 20 heavy (non-hydrogen) atoms. The molecule has 0 aliphatic carbocycles. The molecule has 1 aromatic carbocycles. The molecular weight excluding hydrogens is 248 g/mol. The van der Waals surface area contributed by atoms with Crippen LogP contribution in [-0.4, -0.2) is 16.6 Å². The third-order valence-electron chi connectivity index (χ3n) is 4.04. The van der Waals surface area contributed by atoms with Crippen molar-refractivity contribution in [1.29, 1.82) is 0 Å². The lowest BCUT2D eigenvalue weighted by molar-refractivity contribution is 0.220. The Hall–Kier alpha value is -1.90. The van der Waals surface area contributed by atoms with Crippen LogP contribution in [0.3, 0.4) is 0 Å².